The number of alkyl halides is 3. The fourth-order valence-corrected chi connectivity index (χ4v) is 1.52. The molecular formula is C12H19F3N4. The van der Waals surface area contributed by atoms with Crippen LogP contribution < -0.4 is 10.6 Å². The number of aromatic nitrogens is 2. The molecule has 1 aromatic heterocycles. The molecule has 0 aliphatic rings. The van der Waals surface area contributed by atoms with E-state index in [-0.39, 0.29) is 11.6 Å². The largest absolute Gasteiger partial charge is 0.451 e. The summed E-state index contributed by atoms with van der Waals surface area (Å²) in [6.45, 7) is 4.80. The first-order valence-corrected chi connectivity index (χ1v) is 6.21. The molecule has 0 saturated carbocycles. The average molecular weight is 276 g/mol. The molecule has 2 N–H and O–H groups in total. The molecular weight excluding hydrogens is 257 g/mol. The highest BCUT2D eigenvalue weighted by Gasteiger charge is 2.35. The van der Waals surface area contributed by atoms with E-state index in [4.69, 9.17) is 0 Å². The predicted octanol–water partition coefficient (Wildman–Crippen LogP) is 3.39. The molecule has 4 nitrogen and oxygen atoms in total. The van der Waals surface area contributed by atoms with Crippen LogP contribution in [0.4, 0.5) is 24.8 Å². The van der Waals surface area contributed by atoms with Crippen molar-refractivity contribution in [1.29, 1.82) is 0 Å². The molecule has 1 rings (SSSR count). The molecule has 0 aliphatic carbocycles. The molecule has 19 heavy (non-hydrogen) atoms. The third-order valence-electron chi connectivity index (χ3n) is 2.50. The lowest BCUT2D eigenvalue weighted by atomic mass is 10.1. The first-order chi connectivity index (χ1) is 8.82. The number of anilines is 2. The smallest absolute Gasteiger partial charge is 0.373 e. The van der Waals surface area contributed by atoms with Crippen LogP contribution in [-0.2, 0) is 6.18 Å². The Labute approximate surface area is 110 Å². The molecule has 0 bridgehead atoms. The lowest BCUT2D eigenvalue weighted by molar-refractivity contribution is -0.144. The number of halogens is 3. The number of rotatable bonds is 6. The number of nitrogens with zero attached hydrogens (tertiary/aromatic N) is 2. The highest BCUT2D eigenvalue weighted by Crippen LogP contribution is 2.28. The molecule has 7 heteroatoms. The topological polar surface area (TPSA) is 49.8 Å². The van der Waals surface area contributed by atoms with Gasteiger partial charge < -0.3 is 10.6 Å². The van der Waals surface area contributed by atoms with Crippen molar-refractivity contribution < 1.29 is 13.2 Å². The van der Waals surface area contributed by atoms with Gasteiger partial charge in [-0.15, -0.1) is 0 Å². The summed E-state index contributed by atoms with van der Waals surface area (Å²) in [5, 5.41) is 5.49. The summed E-state index contributed by atoms with van der Waals surface area (Å²) in [5.41, 5.74) is 0. The second-order valence-electron chi connectivity index (χ2n) is 4.67. The molecule has 0 spiro atoms. The van der Waals surface area contributed by atoms with E-state index < -0.39 is 12.0 Å². The number of nitrogens with one attached hydrogen (secondary N) is 2. The Morgan fingerprint density at radius 2 is 1.84 bits per heavy atom. The van der Waals surface area contributed by atoms with Gasteiger partial charge in [0.25, 0.3) is 0 Å². The predicted molar refractivity (Wildman–Crippen MR) is 69.1 cm³/mol. The quantitative estimate of drug-likeness (QED) is 0.782. The van der Waals surface area contributed by atoms with Crippen LogP contribution in [0.2, 0.25) is 0 Å². The molecule has 108 valence electrons. The summed E-state index contributed by atoms with van der Waals surface area (Å²) in [6, 6.07) is 1.46. The molecule has 1 heterocycles. The van der Waals surface area contributed by atoms with Gasteiger partial charge in [-0.05, 0) is 18.8 Å². The van der Waals surface area contributed by atoms with Gasteiger partial charge in [0.15, 0.2) is 0 Å². The third-order valence-corrected chi connectivity index (χ3v) is 2.50. The van der Waals surface area contributed by atoms with Gasteiger partial charge >= 0.3 is 6.18 Å². The van der Waals surface area contributed by atoms with Crippen LogP contribution in [-0.4, -0.2) is 23.6 Å². The van der Waals surface area contributed by atoms with Crippen molar-refractivity contribution in [2.45, 2.75) is 32.9 Å². The Hall–Kier alpha value is -1.53. The molecule has 0 amide bonds. The van der Waals surface area contributed by atoms with Crippen molar-refractivity contribution in [3.05, 3.63) is 11.9 Å². The Morgan fingerprint density at radius 1 is 1.21 bits per heavy atom. The minimum absolute atomic E-state index is 0.147. The molecule has 1 aromatic rings. The molecule has 0 atom stereocenters. The van der Waals surface area contributed by atoms with E-state index in [1.165, 1.54) is 13.1 Å². The molecule has 0 unspecified atom stereocenters. The Morgan fingerprint density at radius 3 is 2.37 bits per heavy atom. The molecule has 0 aromatic carbocycles. The van der Waals surface area contributed by atoms with Crippen molar-refractivity contribution >= 4 is 11.6 Å². The van der Waals surface area contributed by atoms with Gasteiger partial charge in [0.1, 0.15) is 11.6 Å². The van der Waals surface area contributed by atoms with Crippen molar-refractivity contribution in [2.24, 2.45) is 5.92 Å². The second-order valence-corrected chi connectivity index (χ2v) is 4.67. The monoisotopic (exact) mass is 276 g/mol. The second kappa shape index (κ2) is 6.58. The third kappa shape index (κ3) is 5.32. The number of hydrogen-bond donors (Lipinski definition) is 2. The normalized spacial score (nSPS) is 11.7. The standard InChI is InChI=1S/C12H19F3N4/c1-8(2)5-4-6-17-10-7-9(16-3)18-11(19-10)12(13,14)15/h7-8H,4-6H2,1-3H3,(H2,16,17,18,19). The summed E-state index contributed by atoms with van der Waals surface area (Å²) >= 11 is 0. The van der Waals surface area contributed by atoms with Crippen molar-refractivity contribution in [3.63, 3.8) is 0 Å². The first-order valence-electron chi connectivity index (χ1n) is 6.21. The minimum Gasteiger partial charge on any atom is -0.373 e. The van der Waals surface area contributed by atoms with Crippen LogP contribution in [0.1, 0.15) is 32.5 Å². The van der Waals surface area contributed by atoms with Gasteiger partial charge in [-0.25, -0.2) is 9.97 Å². The van der Waals surface area contributed by atoms with E-state index in [9.17, 15) is 13.2 Å². The minimum atomic E-state index is -4.54. The van der Waals surface area contributed by atoms with Gasteiger partial charge in [0.05, 0.1) is 0 Å². The SMILES string of the molecule is CNc1cc(NCCCC(C)C)nc(C(F)(F)F)n1. The number of hydrogen-bond acceptors (Lipinski definition) is 4. The van der Waals surface area contributed by atoms with Crippen LogP contribution >= 0.6 is 0 Å². The molecule has 0 saturated heterocycles. The highest BCUT2D eigenvalue weighted by atomic mass is 19.4. The maximum atomic E-state index is 12.6. The molecule has 0 aliphatic heterocycles. The van der Waals surface area contributed by atoms with Crippen LogP contribution in [0.25, 0.3) is 0 Å². The molecule has 0 fully saturated rings. The summed E-state index contributed by atoms with van der Waals surface area (Å²) in [7, 11) is 1.52. The van der Waals surface area contributed by atoms with Gasteiger partial charge in [0, 0.05) is 19.7 Å². The maximum absolute atomic E-state index is 12.6. The van der Waals surface area contributed by atoms with E-state index in [1.54, 1.807) is 0 Å². The van der Waals surface area contributed by atoms with Crippen molar-refractivity contribution in [2.75, 3.05) is 24.2 Å². The lowest BCUT2D eigenvalue weighted by Crippen LogP contribution is -2.15. The average Bonchev–Trinajstić information content (AvgIpc) is 2.33. The zero-order valence-electron chi connectivity index (χ0n) is 11.3. The van der Waals surface area contributed by atoms with E-state index in [2.05, 4.69) is 34.4 Å². The van der Waals surface area contributed by atoms with Crippen molar-refractivity contribution in [1.82, 2.24) is 9.97 Å². The van der Waals surface area contributed by atoms with Gasteiger partial charge in [-0.2, -0.15) is 13.2 Å². The van der Waals surface area contributed by atoms with Crippen LogP contribution in [0.15, 0.2) is 6.07 Å². The van der Waals surface area contributed by atoms with E-state index in [0.717, 1.165) is 12.8 Å². The Balaban J connectivity index is 2.72. The van der Waals surface area contributed by atoms with Gasteiger partial charge in [-0.3, -0.25) is 0 Å². The van der Waals surface area contributed by atoms with E-state index in [0.29, 0.717) is 12.5 Å². The zero-order valence-corrected chi connectivity index (χ0v) is 11.3. The van der Waals surface area contributed by atoms with Crippen LogP contribution in [0.5, 0.6) is 0 Å². The molecule has 0 radical (unpaired) electrons. The highest BCUT2D eigenvalue weighted by molar-refractivity contribution is 5.47. The lowest BCUT2D eigenvalue weighted by Gasteiger charge is -2.11. The maximum Gasteiger partial charge on any atom is 0.451 e. The Bertz CT molecular complexity index is 404. The van der Waals surface area contributed by atoms with Crippen LogP contribution in [0, 0.1) is 5.92 Å². The first kappa shape index (κ1) is 15.5. The van der Waals surface area contributed by atoms with E-state index in [1.807, 2.05) is 0 Å². The fraction of sp³-hybridized carbons (Fsp3) is 0.667. The summed E-state index contributed by atoms with van der Waals surface area (Å²) in [5.74, 6) is -0.222. The Kier molecular flexibility index (Phi) is 5.38. The fourth-order valence-electron chi connectivity index (χ4n) is 1.52. The summed E-state index contributed by atoms with van der Waals surface area (Å²) in [4.78, 5) is 6.87. The van der Waals surface area contributed by atoms with Crippen LogP contribution in [0.3, 0.4) is 0 Å². The van der Waals surface area contributed by atoms with Crippen molar-refractivity contribution in [3.8, 4) is 0 Å². The summed E-state index contributed by atoms with van der Waals surface area (Å²) in [6.07, 6.45) is -2.64. The zero-order chi connectivity index (χ0) is 14.5. The van der Waals surface area contributed by atoms with Gasteiger partial charge in [-0.1, -0.05) is 13.8 Å². The summed E-state index contributed by atoms with van der Waals surface area (Å²) < 4.78 is 37.8. The van der Waals surface area contributed by atoms with E-state index >= 15 is 0 Å². The van der Waals surface area contributed by atoms with Gasteiger partial charge in [0.2, 0.25) is 5.82 Å².